The Morgan fingerprint density at radius 1 is 1.16 bits per heavy atom. The van der Waals surface area contributed by atoms with Crippen LogP contribution in [0.4, 0.5) is 5.69 Å². The van der Waals surface area contributed by atoms with Gasteiger partial charge in [-0.1, -0.05) is 23.4 Å². The number of hydrogen-bond acceptors (Lipinski definition) is 6. The lowest BCUT2D eigenvalue weighted by Gasteiger charge is -2.03. The fourth-order valence-electron chi connectivity index (χ4n) is 3.57. The SMILES string of the molecule is Cc1noc(-c2cc3cc(-c4cc(C(=O)NCc5ccc(N)cc5)nn4C)ccc3[nH]2)n1. The normalized spacial score (nSPS) is 11.2. The van der Waals surface area contributed by atoms with Gasteiger partial charge in [-0.3, -0.25) is 9.48 Å². The summed E-state index contributed by atoms with van der Waals surface area (Å²) in [4.78, 5) is 20.2. The number of aryl methyl sites for hydroxylation is 2. The number of carbonyl (C=O) groups excluding carboxylic acids is 1. The predicted octanol–water partition coefficient (Wildman–Crippen LogP) is 3.44. The highest BCUT2D eigenvalue weighted by atomic mass is 16.5. The molecular weight excluding hydrogens is 406 g/mol. The number of hydrogen-bond donors (Lipinski definition) is 3. The molecule has 3 heterocycles. The summed E-state index contributed by atoms with van der Waals surface area (Å²) in [6.07, 6.45) is 0. The zero-order valence-corrected chi connectivity index (χ0v) is 17.6. The Morgan fingerprint density at radius 2 is 1.97 bits per heavy atom. The largest absolute Gasteiger partial charge is 0.399 e. The molecule has 0 saturated carbocycles. The fourth-order valence-corrected chi connectivity index (χ4v) is 3.57. The molecule has 0 atom stereocenters. The van der Waals surface area contributed by atoms with Gasteiger partial charge in [0.1, 0.15) is 5.69 Å². The van der Waals surface area contributed by atoms with Crippen molar-refractivity contribution in [2.75, 3.05) is 5.73 Å². The first-order valence-corrected chi connectivity index (χ1v) is 10.1. The fraction of sp³-hybridized carbons (Fsp3) is 0.130. The quantitative estimate of drug-likeness (QED) is 0.369. The van der Waals surface area contributed by atoms with Gasteiger partial charge in [-0.25, -0.2) is 0 Å². The van der Waals surface area contributed by atoms with Gasteiger partial charge < -0.3 is 20.6 Å². The van der Waals surface area contributed by atoms with Gasteiger partial charge in [0.25, 0.3) is 11.8 Å². The Bertz CT molecular complexity index is 1430. The number of carbonyl (C=O) groups is 1. The highest BCUT2D eigenvalue weighted by Crippen LogP contribution is 2.28. The average Bonchev–Trinajstić information content (AvgIpc) is 3.50. The first-order chi connectivity index (χ1) is 15.5. The molecule has 160 valence electrons. The van der Waals surface area contributed by atoms with E-state index in [0.29, 0.717) is 29.6 Å². The van der Waals surface area contributed by atoms with Gasteiger partial charge in [-0.2, -0.15) is 10.1 Å². The van der Waals surface area contributed by atoms with Gasteiger partial charge in [-0.15, -0.1) is 0 Å². The molecule has 0 saturated heterocycles. The summed E-state index contributed by atoms with van der Waals surface area (Å²) >= 11 is 0. The van der Waals surface area contributed by atoms with Crippen LogP contribution in [-0.4, -0.2) is 30.8 Å². The monoisotopic (exact) mass is 427 g/mol. The lowest BCUT2D eigenvalue weighted by Crippen LogP contribution is -2.23. The Kier molecular flexibility index (Phi) is 4.70. The third-order valence-electron chi connectivity index (χ3n) is 5.22. The molecule has 0 unspecified atom stereocenters. The molecule has 1 amide bonds. The topological polar surface area (TPSA) is 128 Å². The van der Waals surface area contributed by atoms with Crippen molar-refractivity contribution in [2.24, 2.45) is 7.05 Å². The van der Waals surface area contributed by atoms with Gasteiger partial charge in [-0.05, 0) is 48.9 Å². The van der Waals surface area contributed by atoms with Gasteiger partial charge in [0, 0.05) is 35.7 Å². The summed E-state index contributed by atoms with van der Waals surface area (Å²) < 4.78 is 6.95. The minimum absolute atomic E-state index is 0.236. The van der Waals surface area contributed by atoms with Crippen LogP contribution < -0.4 is 11.1 Å². The number of benzene rings is 2. The van der Waals surface area contributed by atoms with Crippen molar-refractivity contribution < 1.29 is 9.32 Å². The zero-order chi connectivity index (χ0) is 22.2. The Labute approximate surface area is 183 Å². The minimum Gasteiger partial charge on any atom is -0.399 e. The van der Waals surface area contributed by atoms with Crippen LogP contribution in [0.3, 0.4) is 0 Å². The molecule has 0 fully saturated rings. The molecule has 5 aromatic rings. The van der Waals surface area contributed by atoms with E-state index in [0.717, 1.165) is 33.4 Å². The molecule has 32 heavy (non-hydrogen) atoms. The molecule has 0 bridgehead atoms. The van der Waals surface area contributed by atoms with E-state index in [1.54, 1.807) is 17.7 Å². The van der Waals surface area contributed by atoms with Crippen LogP contribution in [0.5, 0.6) is 0 Å². The van der Waals surface area contributed by atoms with Crippen molar-refractivity contribution in [3.63, 3.8) is 0 Å². The number of H-pyrrole nitrogens is 1. The summed E-state index contributed by atoms with van der Waals surface area (Å²) in [5.74, 6) is 0.790. The summed E-state index contributed by atoms with van der Waals surface area (Å²) in [7, 11) is 1.82. The number of amides is 1. The molecule has 9 nitrogen and oxygen atoms in total. The number of rotatable bonds is 5. The Balaban J connectivity index is 1.37. The van der Waals surface area contributed by atoms with E-state index in [2.05, 4.69) is 25.5 Å². The van der Waals surface area contributed by atoms with Crippen LogP contribution in [0.1, 0.15) is 21.9 Å². The molecule has 0 radical (unpaired) electrons. The van der Waals surface area contributed by atoms with E-state index in [1.807, 2.05) is 55.6 Å². The number of nitrogens with one attached hydrogen (secondary N) is 2. The molecule has 0 aliphatic rings. The molecule has 3 aromatic heterocycles. The van der Waals surface area contributed by atoms with Crippen LogP contribution in [0.2, 0.25) is 0 Å². The standard InChI is InChI=1S/C23H21N7O2/c1-13-26-23(32-29-13)20-10-16-9-15(5-8-18(16)27-20)21-11-19(28-30(21)2)22(31)25-12-14-3-6-17(24)7-4-14/h3-11,27H,12,24H2,1-2H3,(H,25,31). The molecule has 0 aliphatic heterocycles. The second-order valence-corrected chi connectivity index (χ2v) is 7.59. The second kappa shape index (κ2) is 7.69. The molecular formula is C23H21N7O2. The summed E-state index contributed by atoms with van der Waals surface area (Å²) in [6.45, 7) is 2.18. The van der Waals surface area contributed by atoms with Gasteiger partial charge in [0.2, 0.25) is 0 Å². The molecule has 4 N–H and O–H groups in total. The van der Waals surface area contributed by atoms with Crippen molar-refractivity contribution in [3.05, 3.63) is 71.7 Å². The maximum absolute atomic E-state index is 12.6. The summed E-state index contributed by atoms with van der Waals surface area (Å²) in [5, 5.41) is 12.1. The van der Waals surface area contributed by atoms with Crippen LogP contribution >= 0.6 is 0 Å². The predicted molar refractivity (Wildman–Crippen MR) is 121 cm³/mol. The molecule has 9 heteroatoms. The number of aromatic nitrogens is 5. The van der Waals surface area contributed by atoms with Crippen LogP contribution in [0.15, 0.2) is 59.1 Å². The van der Waals surface area contributed by atoms with Crippen molar-refractivity contribution in [2.45, 2.75) is 13.5 Å². The average molecular weight is 427 g/mol. The third kappa shape index (κ3) is 3.71. The van der Waals surface area contributed by atoms with Crippen LogP contribution in [-0.2, 0) is 13.6 Å². The lowest BCUT2D eigenvalue weighted by molar-refractivity contribution is 0.0945. The van der Waals surface area contributed by atoms with Crippen molar-refractivity contribution in [1.29, 1.82) is 0 Å². The maximum atomic E-state index is 12.6. The first-order valence-electron chi connectivity index (χ1n) is 10.1. The van der Waals surface area contributed by atoms with Crippen molar-refractivity contribution >= 4 is 22.5 Å². The highest BCUT2D eigenvalue weighted by Gasteiger charge is 2.15. The lowest BCUT2D eigenvalue weighted by atomic mass is 10.1. The van der Waals surface area contributed by atoms with Crippen molar-refractivity contribution in [3.8, 4) is 22.8 Å². The maximum Gasteiger partial charge on any atom is 0.274 e. The number of fused-ring (bicyclic) bond motifs is 1. The van der Waals surface area contributed by atoms with Gasteiger partial charge in [0.15, 0.2) is 11.5 Å². The van der Waals surface area contributed by atoms with E-state index in [9.17, 15) is 4.79 Å². The number of nitrogens with two attached hydrogens (primary N) is 1. The Hall–Kier alpha value is -4.40. The highest BCUT2D eigenvalue weighted by molar-refractivity contribution is 5.94. The summed E-state index contributed by atoms with van der Waals surface area (Å²) in [6, 6.07) is 17.1. The summed E-state index contributed by atoms with van der Waals surface area (Å²) in [5.41, 5.74) is 11.2. The van der Waals surface area contributed by atoms with Gasteiger partial charge >= 0.3 is 0 Å². The second-order valence-electron chi connectivity index (χ2n) is 7.59. The van der Waals surface area contributed by atoms with E-state index >= 15 is 0 Å². The molecule has 0 aliphatic carbocycles. The van der Waals surface area contributed by atoms with E-state index in [4.69, 9.17) is 10.3 Å². The molecule has 5 rings (SSSR count). The van der Waals surface area contributed by atoms with E-state index in [1.165, 1.54) is 0 Å². The van der Waals surface area contributed by atoms with Gasteiger partial charge in [0.05, 0.1) is 5.69 Å². The van der Waals surface area contributed by atoms with E-state index < -0.39 is 0 Å². The van der Waals surface area contributed by atoms with Crippen LogP contribution in [0, 0.1) is 6.92 Å². The Morgan fingerprint density at radius 3 is 2.72 bits per heavy atom. The number of anilines is 1. The first kappa shape index (κ1) is 19.6. The zero-order valence-electron chi connectivity index (χ0n) is 17.6. The smallest absolute Gasteiger partial charge is 0.274 e. The van der Waals surface area contributed by atoms with Crippen LogP contribution in [0.25, 0.3) is 33.7 Å². The third-order valence-corrected chi connectivity index (χ3v) is 5.22. The number of nitrogen functional groups attached to an aromatic ring is 1. The van der Waals surface area contributed by atoms with E-state index in [-0.39, 0.29) is 5.91 Å². The van der Waals surface area contributed by atoms with Crippen molar-refractivity contribution in [1.82, 2.24) is 30.2 Å². The molecule has 0 spiro atoms. The molecule has 2 aromatic carbocycles. The number of aromatic amines is 1. The number of nitrogens with zero attached hydrogens (tertiary/aromatic N) is 4. The minimum atomic E-state index is -0.236.